The topological polar surface area (TPSA) is 63.8 Å². The fourth-order valence-corrected chi connectivity index (χ4v) is 2.98. The highest BCUT2D eigenvalue weighted by atomic mass is 79.9. The van der Waals surface area contributed by atoms with E-state index in [1.807, 2.05) is 25.1 Å². The summed E-state index contributed by atoms with van der Waals surface area (Å²) < 4.78 is 0.920. The van der Waals surface area contributed by atoms with Crippen LogP contribution >= 0.6 is 27.3 Å². The minimum Gasteiger partial charge on any atom is -0.398 e. The van der Waals surface area contributed by atoms with Gasteiger partial charge in [0.15, 0.2) is 0 Å². The van der Waals surface area contributed by atoms with Crippen LogP contribution in [-0.4, -0.2) is 9.97 Å². The average Bonchev–Trinajstić information content (AvgIpc) is 2.84. The van der Waals surface area contributed by atoms with Crippen molar-refractivity contribution in [3.05, 3.63) is 45.0 Å². The molecule has 1 aromatic carbocycles. The smallest absolute Gasteiger partial charge is 0.0954 e. The van der Waals surface area contributed by atoms with Crippen LogP contribution in [-0.2, 0) is 6.54 Å². The van der Waals surface area contributed by atoms with E-state index in [4.69, 9.17) is 5.73 Å². The molecule has 0 spiro atoms. The van der Waals surface area contributed by atoms with Crippen molar-refractivity contribution in [1.29, 1.82) is 0 Å². The van der Waals surface area contributed by atoms with E-state index in [9.17, 15) is 0 Å². The lowest BCUT2D eigenvalue weighted by Gasteiger charge is -2.10. The summed E-state index contributed by atoms with van der Waals surface area (Å²) >= 11 is 5.08. The predicted octanol–water partition coefficient (Wildman–Crippen LogP) is 3.96. The first-order chi connectivity index (χ1) is 9.63. The molecule has 0 saturated carbocycles. The number of fused-ring (bicyclic) bond motifs is 1. The first kappa shape index (κ1) is 13.3. The third-order valence-corrected chi connectivity index (χ3v) is 4.23. The molecule has 0 bridgehead atoms. The molecule has 102 valence electrons. The highest BCUT2D eigenvalue weighted by Gasteiger charge is 2.07. The molecule has 0 unspecified atom stereocenters. The molecule has 3 N–H and O–H groups in total. The fourth-order valence-electron chi connectivity index (χ4n) is 2.03. The van der Waals surface area contributed by atoms with Crippen LogP contribution in [0.15, 0.2) is 34.2 Å². The minimum absolute atomic E-state index is 0.682. The Bertz CT molecular complexity index is 769. The lowest BCUT2D eigenvalue weighted by molar-refractivity contribution is 1.06. The van der Waals surface area contributed by atoms with Crippen LogP contribution in [0.3, 0.4) is 0 Å². The molecule has 0 aliphatic carbocycles. The Morgan fingerprint density at radius 1 is 1.40 bits per heavy atom. The van der Waals surface area contributed by atoms with Crippen LogP contribution in [0.2, 0.25) is 0 Å². The van der Waals surface area contributed by atoms with Crippen LogP contribution in [0.25, 0.3) is 10.9 Å². The van der Waals surface area contributed by atoms with Crippen molar-refractivity contribution in [1.82, 2.24) is 9.97 Å². The number of anilines is 2. The summed E-state index contributed by atoms with van der Waals surface area (Å²) in [5.41, 5.74) is 9.61. The molecule has 6 heteroatoms. The molecule has 20 heavy (non-hydrogen) atoms. The van der Waals surface area contributed by atoms with Crippen molar-refractivity contribution in [2.24, 2.45) is 0 Å². The second-order valence-electron chi connectivity index (χ2n) is 4.46. The third-order valence-electron chi connectivity index (χ3n) is 2.98. The van der Waals surface area contributed by atoms with Crippen LogP contribution < -0.4 is 11.1 Å². The Balaban J connectivity index is 1.93. The van der Waals surface area contributed by atoms with Crippen molar-refractivity contribution in [3.63, 3.8) is 0 Å². The van der Waals surface area contributed by atoms with Gasteiger partial charge in [0.25, 0.3) is 0 Å². The van der Waals surface area contributed by atoms with Crippen molar-refractivity contribution < 1.29 is 0 Å². The van der Waals surface area contributed by atoms with Crippen LogP contribution in [0.5, 0.6) is 0 Å². The van der Waals surface area contributed by atoms with E-state index in [-0.39, 0.29) is 0 Å². The van der Waals surface area contributed by atoms with Gasteiger partial charge in [-0.2, -0.15) is 0 Å². The van der Waals surface area contributed by atoms with Crippen molar-refractivity contribution in [2.75, 3.05) is 11.1 Å². The van der Waals surface area contributed by atoms with Crippen LogP contribution in [0, 0.1) is 6.92 Å². The number of hydrogen-bond donors (Lipinski definition) is 2. The van der Waals surface area contributed by atoms with Gasteiger partial charge >= 0.3 is 0 Å². The monoisotopic (exact) mass is 348 g/mol. The summed E-state index contributed by atoms with van der Waals surface area (Å²) in [5, 5.41) is 7.45. The summed E-state index contributed by atoms with van der Waals surface area (Å²) in [6.45, 7) is 2.69. The first-order valence-electron chi connectivity index (χ1n) is 6.12. The maximum atomic E-state index is 6.01. The van der Waals surface area contributed by atoms with Gasteiger partial charge in [-0.1, -0.05) is 0 Å². The molecule has 3 aromatic rings. The Morgan fingerprint density at radius 3 is 3.00 bits per heavy atom. The average molecular weight is 349 g/mol. The first-order valence-corrected chi connectivity index (χ1v) is 7.79. The molecule has 2 aromatic heterocycles. The minimum atomic E-state index is 0.682. The number of nitrogens with one attached hydrogen (secondary N) is 1. The van der Waals surface area contributed by atoms with Gasteiger partial charge in [0.2, 0.25) is 0 Å². The molecule has 0 amide bonds. The van der Waals surface area contributed by atoms with Gasteiger partial charge < -0.3 is 11.1 Å². The normalized spacial score (nSPS) is 10.9. The number of halogens is 1. The van der Waals surface area contributed by atoms with Crippen molar-refractivity contribution in [3.8, 4) is 0 Å². The lowest BCUT2D eigenvalue weighted by atomic mass is 10.1. The zero-order valence-electron chi connectivity index (χ0n) is 10.9. The van der Waals surface area contributed by atoms with Crippen LogP contribution in [0.1, 0.15) is 10.7 Å². The van der Waals surface area contributed by atoms with E-state index in [0.717, 1.165) is 37.5 Å². The Labute approximate surface area is 129 Å². The number of aromatic nitrogens is 2. The van der Waals surface area contributed by atoms with Gasteiger partial charge in [0.1, 0.15) is 0 Å². The zero-order valence-corrected chi connectivity index (χ0v) is 13.3. The van der Waals surface area contributed by atoms with Crippen molar-refractivity contribution >= 4 is 49.5 Å². The van der Waals surface area contributed by atoms with Gasteiger partial charge in [-0.25, -0.2) is 4.98 Å². The fraction of sp³-hybridized carbons (Fsp3) is 0.143. The largest absolute Gasteiger partial charge is 0.398 e. The van der Waals surface area contributed by atoms with E-state index in [2.05, 4.69) is 36.6 Å². The number of aryl methyl sites for hydroxylation is 1. The Morgan fingerprint density at radius 2 is 2.25 bits per heavy atom. The third kappa shape index (κ3) is 2.62. The zero-order chi connectivity index (χ0) is 14.1. The Hall–Kier alpha value is -1.66. The van der Waals surface area contributed by atoms with E-state index in [1.165, 1.54) is 0 Å². The summed E-state index contributed by atoms with van der Waals surface area (Å²) in [7, 11) is 0. The molecule has 0 radical (unpaired) electrons. The number of thiazole rings is 1. The second kappa shape index (κ2) is 5.38. The quantitative estimate of drug-likeness (QED) is 0.703. The van der Waals surface area contributed by atoms with Crippen molar-refractivity contribution in [2.45, 2.75) is 13.5 Å². The second-order valence-corrected chi connectivity index (χ2v) is 6.44. The van der Waals surface area contributed by atoms with E-state index < -0.39 is 0 Å². The highest BCUT2D eigenvalue weighted by Crippen LogP contribution is 2.29. The number of pyridine rings is 1. The van der Waals surface area contributed by atoms with E-state index >= 15 is 0 Å². The molecular weight excluding hydrogens is 336 g/mol. The van der Waals surface area contributed by atoms with Crippen LogP contribution in [0.4, 0.5) is 11.4 Å². The number of nitrogen functional groups attached to an aromatic ring is 1. The molecule has 0 fully saturated rings. The number of hydrogen-bond acceptors (Lipinski definition) is 5. The number of benzene rings is 1. The van der Waals surface area contributed by atoms with Gasteiger partial charge in [-0.3, -0.25) is 4.98 Å². The molecule has 3 rings (SSSR count). The molecule has 0 aliphatic heterocycles. The standard InChI is InChI=1S/C14H13BrN4S/c1-8-19-10(7-20-8)6-17-13-3-2-12(16)11-4-9(15)5-18-14(11)13/h2-5,7,17H,6,16H2,1H3. The molecule has 0 atom stereocenters. The number of nitrogens with two attached hydrogens (primary N) is 1. The molecule has 2 heterocycles. The summed E-state index contributed by atoms with van der Waals surface area (Å²) in [4.78, 5) is 8.89. The molecule has 4 nitrogen and oxygen atoms in total. The number of nitrogens with zero attached hydrogens (tertiary/aromatic N) is 2. The van der Waals surface area contributed by atoms with Gasteiger partial charge in [0, 0.05) is 27.1 Å². The van der Waals surface area contributed by atoms with E-state index in [0.29, 0.717) is 6.54 Å². The SMILES string of the molecule is Cc1nc(CNc2ccc(N)c3cc(Br)cnc23)cs1. The van der Waals surface area contributed by atoms with E-state index in [1.54, 1.807) is 17.5 Å². The molecule has 0 saturated heterocycles. The number of rotatable bonds is 3. The Kier molecular flexibility index (Phi) is 3.58. The molecule has 0 aliphatic rings. The van der Waals surface area contributed by atoms with Gasteiger partial charge in [-0.05, 0) is 41.1 Å². The summed E-state index contributed by atoms with van der Waals surface area (Å²) in [6.07, 6.45) is 1.78. The lowest BCUT2D eigenvalue weighted by Crippen LogP contribution is -2.02. The maximum absolute atomic E-state index is 6.01. The highest BCUT2D eigenvalue weighted by molar-refractivity contribution is 9.10. The summed E-state index contributed by atoms with van der Waals surface area (Å²) in [5.74, 6) is 0. The maximum Gasteiger partial charge on any atom is 0.0954 e. The summed E-state index contributed by atoms with van der Waals surface area (Å²) in [6, 6.07) is 5.83. The van der Waals surface area contributed by atoms with Gasteiger partial charge in [0.05, 0.1) is 28.5 Å². The molecular formula is C14H13BrN4S. The predicted molar refractivity (Wildman–Crippen MR) is 88.0 cm³/mol. The van der Waals surface area contributed by atoms with Gasteiger partial charge in [-0.15, -0.1) is 11.3 Å².